The maximum Gasteiger partial charge on any atom is 0.295 e. The van der Waals surface area contributed by atoms with Gasteiger partial charge >= 0.3 is 0 Å². The zero-order valence-electron chi connectivity index (χ0n) is 24.5. The van der Waals surface area contributed by atoms with Crippen LogP contribution in [0.2, 0.25) is 23.2 Å². The van der Waals surface area contributed by atoms with Gasteiger partial charge in [0.1, 0.15) is 5.75 Å². The van der Waals surface area contributed by atoms with Gasteiger partial charge in [-0.05, 0) is 86.2 Å². The van der Waals surface area contributed by atoms with E-state index >= 15 is 0 Å². The average Bonchev–Trinajstić information content (AvgIpc) is 3.39. The predicted molar refractivity (Wildman–Crippen MR) is 164 cm³/mol. The van der Waals surface area contributed by atoms with E-state index in [2.05, 4.69) is 59.6 Å². The molecule has 3 aliphatic carbocycles. The maximum absolute atomic E-state index is 13.2. The molecular formula is C29H38ClN5O4SSi. The molecule has 0 saturated heterocycles. The molecule has 1 N–H and O–H groups in total. The molecule has 12 heteroatoms. The van der Waals surface area contributed by atoms with Crippen molar-refractivity contribution in [3.63, 3.8) is 0 Å². The lowest BCUT2D eigenvalue weighted by Gasteiger charge is -2.56. The number of nitrogens with zero attached hydrogens (tertiary/aromatic N) is 4. The van der Waals surface area contributed by atoms with Gasteiger partial charge in [0.2, 0.25) is 5.13 Å². The van der Waals surface area contributed by atoms with Gasteiger partial charge in [-0.1, -0.05) is 37.5 Å². The van der Waals surface area contributed by atoms with Crippen LogP contribution in [-0.4, -0.2) is 53.9 Å². The molecule has 220 valence electrons. The molecular weight excluding hydrogens is 578 g/mol. The van der Waals surface area contributed by atoms with Crippen molar-refractivity contribution in [2.45, 2.75) is 83.0 Å². The Balaban J connectivity index is 1.21. The zero-order valence-corrected chi connectivity index (χ0v) is 27.1. The van der Waals surface area contributed by atoms with Crippen molar-refractivity contribution in [2.75, 3.05) is 19.0 Å². The van der Waals surface area contributed by atoms with Gasteiger partial charge in [-0.25, -0.2) is 0 Å². The minimum atomic E-state index is -1.82. The van der Waals surface area contributed by atoms with Gasteiger partial charge in [0.25, 0.3) is 11.1 Å². The van der Waals surface area contributed by atoms with E-state index in [0.717, 1.165) is 38.5 Å². The Morgan fingerprint density at radius 3 is 2.39 bits per heavy atom. The first kappa shape index (κ1) is 29.9. The maximum atomic E-state index is 13.2. The van der Waals surface area contributed by atoms with Crippen LogP contribution in [0.1, 0.15) is 69.7 Å². The summed E-state index contributed by atoms with van der Waals surface area (Å²) in [5.74, 6) is 0.174. The van der Waals surface area contributed by atoms with Gasteiger partial charge in [0, 0.05) is 21.6 Å². The van der Waals surface area contributed by atoms with Crippen LogP contribution in [0.3, 0.4) is 0 Å². The van der Waals surface area contributed by atoms with Crippen LogP contribution in [0.5, 0.6) is 10.9 Å². The van der Waals surface area contributed by atoms with E-state index in [4.69, 9.17) is 25.5 Å². The van der Waals surface area contributed by atoms with Gasteiger partial charge < -0.3 is 13.9 Å². The fourth-order valence-corrected chi connectivity index (χ4v) is 8.06. The third kappa shape index (κ3) is 6.28. The van der Waals surface area contributed by atoms with Crippen molar-refractivity contribution in [1.29, 1.82) is 0 Å². The van der Waals surface area contributed by atoms with Gasteiger partial charge in [-0.3, -0.25) is 10.1 Å². The number of rotatable bonds is 9. The molecule has 3 aromatic rings. The second-order valence-corrected chi connectivity index (χ2v) is 18.9. The average molecular weight is 616 g/mol. The number of carbonyl (C=O) groups is 1. The van der Waals surface area contributed by atoms with Crippen LogP contribution in [0, 0.1) is 5.41 Å². The number of aromatic nitrogens is 4. The molecule has 3 aliphatic rings. The molecule has 6 rings (SSSR count). The molecule has 3 fully saturated rings. The Morgan fingerprint density at radius 2 is 1.73 bits per heavy atom. The molecule has 3 saturated carbocycles. The Bertz CT molecular complexity index is 1400. The molecule has 2 bridgehead atoms. The molecule has 41 heavy (non-hydrogen) atoms. The summed E-state index contributed by atoms with van der Waals surface area (Å²) in [7, 11) is -0.265. The molecule has 0 unspecified atom stereocenters. The highest BCUT2D eigenvalue weighted by molar-refractivity contribution is 7.17. The summed E-state index contributed by atoms with van der Waals surface area (Å²) in [6.45, 7) is 12.2. The van der Waals surface area contributed by atoms with Crippen LogP contribution in [0.15, 0.2) is 30.6 Å². The quantitative estimate of drug-likeness (QED) is 0.248. The molecule has 0 atom stereocenters. The molecule has 0 radical (unpaired) electrons. The predicted octanol–water partition coefficient (Wildman–Crippen LogP) is 7.40. The van der Waals surface area contributed by atoms with E-state index in [1.807, 2.05) is 0 Å². The first-order valence-corrected chi connectivity index (χ1v) is 18.1. The number of halogens is 1. The number of benzene rings is 1. The second kappa shape index (κ2) is 11.2. The van der Waals surface area contributed by atoms with Crippen LogP contribution in [0.25, 0.3) is 11.1 Å². The third-order valence-electron chi connectivity index (χ3n) is 9.17. The number of hydrogen-bond donors (Lipinski definition) is 1. The van der Waals surface area contributed by atoms with Crippen molar-refractivity contribution < 1.29 is 18.7 Å². The van der Waals surface area contributed by atoms with Crippen LogP contribution < -0.4 is 14.8 Å². The number of ether oxygens (including phenoxy) is 2. The van der Waals surface area contributed by atoms with E-state index in [0.29, 0.717) is 44.4 Å². The summed E-state index contributed by atoms with van der Waals surface area (Å²) >= 11 is 7.43. The van der Waals surface area contributed by atoms with Crippen LogP contribution >= 0.6 is 22.9 Å². The number of hydrogen-bond acceptors (Lipinski definition) is 9. The Labute approximate surface area is 251 Å². The summed E-state index contributed by atoms with van der Waals surface area (Å²) in [5, 5.41) is 20.5. The van der Waals surface area contributed by atoms with Gasteiger partial charge in [0.15, 0.2) is 8.32 Å². The Hall–Kier alpha value is -2.60. The number of amides is 1. The number of anilines is 1. The van der Waals surface area contributed by atoms with E-state index < -0.39 is 14.2 Å². The Kier molecular flexibility index (Phi) is 8.19. The number of methoxy groups -OCH3 is 1. The number of nitrogens with one attached hydrogen (secondary N) is 1. The first-order valence-electron chi connectivity index (χ1n) is 14.0. The fourth-order valence-electron chi connectivity index (χ4n) is 5.60. The van der Waals surface area contributed by atoms with Crippen molar-refractivity contribution in [3.05, 3.63) is 41.2 Å². The summed E-state index contributed by atoms with van der Waals surface area (Å²) in [4.78, 5) is 13.2. The van der Waals surface area contributed by atoms with Crippen LogP contribution in [0.4, 0.5) is 5.13 Å². The molecule has 1 aromatic carbocycles. The van der Waals surface area contributed by atoms with E-state index in [-0.39, 0.29) is 16.1 Å². The van der Waals surface area contributed by atoms with E-state index in [1.165, 1.54) is 23.7 Å². The summed E-state index contributed by atoms with van der Waals surface area (Å²) in [6.07, 6.45) is 9.44. The molecule has 9 nitrogen and oxygen atoms in total. The van der Waals surface area contributed by atoms with Crippen molar-refractivity contribution in [3.8, 4) is 22.1 Å². The minimum Gasteiger partial charge on any atom is -0.496 e. The van der Waals surface area contributed by atoms with Gasteiger partial charge in [-0.15, -0.1) is 5.10 Å². The van der Waals surface area contributed by atoms with E-state index in [1.54, 1.807) is 25.3 Å². The first-order chi connectivity index (χ1) is 19.3. The van der Waals surface area contributed by atoms with Gasteiger partial charge in [0.05, 0.1) is 37.3 Å². The molecule has 1 amide bonds. The molecule has 0 aliphatic heterocycles. The zero-order chi connectivity index (χ0) is 29.5. The SMILES string of the molecule is COc1ccc(Cl)cc1-c1cnncc1C(=O)Nc1nnc(OCC23CCC(O[Si](C)(C)C(C)(C)C)(CC2)CC3)s1. The standard InChI is InChI=1S/C29H38ClN5O4SSi/c1-27(2,3)41(5,6)39-29-12-9-28(10-13-29,11-14-29)18-38-26-35-34-25(40-26)33-24(36)22-17-32-31-16-21(22)20-15-19(30)7-8-23(20)37-4/h7-8,15-17H,9-14,18H2,1-6H3,(H,33,34,36). The number of carbonyl (C=O) groups excluding carboxylic acids is 1. The smallest absolute Gasteiger partial charge is 0.295 e. The lowest BCUT2D eigenvalue weighted by molar-refractivity contribution is -0.0945. The van der Waals surface area contributed by atoms with Crippen molar-refractivity contribution in [2.24, 2.45) is 5.41 Å². The lowest BCUT2D eigenvalue weighted by Crippen LogP contribution is -2.56. The second-order valence-electron chi connectivity index (χ2n) is 12.8. The highest BCUT2D eigenvalue weighted by Gasteiger charge is 2.53. The fraction of sp³-hybridized carbons (Fsp3) is 0.552. The normalized spacial score (nSPS) is 22.4. The highest BCUT2D eigenvalue weighted by Crippen LogP contribution is 2.56. The topological polar surface area (TPSA) is 108 Å². The molecule has 2 aromatic heterocycles. The summed E-state index contributed by atoms with van der Waals surface area (Å²) in [6, 6.07) is 5.19. The summed E-state index contributed by atoms with van der Waals surface area (Å²) < 4.78 is 18.6. The molecule has 2 heterocycles. The van der Waals surface area contributed by atoms with Gasteiger partial charge in [-0.2, -0.15) is 10.2 Å². The number of fused-ring (bicyclic) bond motifs is 3. The van der Waals surface area contributed by atoms with E-state index in [9.17, 15) is 4.79 Å². The van der Waals surface area contributed by atoms with Crippen LogP contribution in [-0.2, 0) is 4.43 Å². The lowest BCUT2D eigenvalue weighted by atomic mass is 9.59. The van der Waals surface area contributed by atoms with Crippen molar-refractivity contribution >= 4 is 42.3 Å². The van der Waals surface area contributed by atoms with Crippen molar-refractivity contribution in [1.82, 2.24) is 20.4 Å². The highest BCUT2D eigenvalue weighted by atomic mass is 35.5. The monoisotopic (exact) mass is 615 g/mol. The largest absolute Gasteiger partial charge is 0.496 e. The summed E-state index contributed by atoms with van der Waals surface area (Å²) in [5.41, 5.74) is 1.66. The molecule has 0 spiro atoms. The Morgan fingerprint density at radius 1 is 1.05 bits per heavy atom. The third-order valence-corrected chi connectivity index (χ3v) is 14.7. The minimum absolute atomic E-state index is 0.0285.